The molecular formula is C27H33F2N3O3S. The quantitative estimate of drug-likeness (QED) is 0.243. The fourth-order valence-electron chi connectivity index (χ4n) is 5.10. The highest BCUT2D eigenvalue weighted by Crippen LogP contribution is 2.33. The van der Waals surface area contributed by atoms with Crippen LogP contribution >= 0.6 is 11.8 Å². The molecule has 3 atom stereocenters. The van der Waals surface area contributed by atoms with Crippen molar-refractivity contribution in [2.45, 2.75) is 30.2 Å². The van der Waals surface area contributed by atoms with Crippen molar-refractivity contribution in [1.82, 2.24) is 15.4 Å². The number of ether oxygens (including phenoxy) is 1. The highest BCUT2D eigenvalue weighted by Gasteiger charge is 2.29. The lowest BCUT2D eigenvalue weighted by atomic mass is 9.81. The SMILES string of the molecule is COc1ccc2nccc(C(CC[C@@H]3CCN(CCSc4cc(F)cc(F)c4)C[C@@H]3CO)NO)c2c1. The van der Waals surface area contributed by atoms with Gasteiger partial charge in [0.15, 0.2) is 0 Å². The summed E-state index contributed by atoms with van der Waals surface area (Å²) < 4.78 is 32.2. The van der Waals surface area contributed by atoms with E-state index in [9.17, 15) is 19.1 Å². The highest BCUT2D eigenvalue weighted by molar-refractivity contribution is 7.99. The number of fused-ring (bicyclic) bond motifs is 1. The summed E-state index contributed by atoms with van der Waals surface area (Å²) in [5.41, 5.74) is 4.29. The van der Waals surface area contributed by atoms with Crippen LogP contribution in [-0.4, -0.2) is 59.3 Å². The second kappa shape index (κ2) is 12.8. The number of aromatic nitrogens is 1. The van der Waals surface area contributed by atoms with Crippen molar-refractivity contribution in [3.05, 3.63) is 65.9 Å². The van der Waals surface area contributed by atoms with Gasteiger partial charge in [0.25, 0.3) is 0 Å². The van der Waals surface area contributed by atoms with Crippen molar-refractivity contribution in [3.8, 4) is 5.75 Å². The monoisotopic (exact) mass is 517 g/mol. The standard InChI is InChI=1S/C27H33F2N3O3S/c1-35-22-3-5-26-25(15-22)24(6-8-30-26)27(31-34)4-2-18-7-9-32(16-19(18)17-33)10-11-36-23-13-20(28)12-21(29)14-23/h3,5-6,8,12-15,18-19,27,31,33-34H,2,4,7,9-11,16-17H2,1H3/t18-,19-,27?/m1/s1. The predicted molar refractivity (Wildman–Crippen MR) is 137 cm³/mol. The molecule has 0 bridgehead atoms. The molecule has 0 saturated carbocycles. The van der Waals surface area contributed by atoms with Gasteiger partial charge in [-0.2, -0.15) is 5.48 Å². The molecule has 36 heavy (non-hydrogen) atoms. The van der Waals surface area contributed by atoms with Gasteiger partial charge in [-0.25, -0.2) is 8.78 Å². The number of methoxy groups -OCH3 is 1. The number of piperidine rings is 1. The molecule has 3 N–H and O–H groups in total. The Hall–Kier alpha value is -2.30. The molecule has 0 radical (unpaired) electrons. The lowest BCUT2D eigenvalue weighted by molar-refractivity contribution is 0.0626. The summed E-state index contributed by atoms with van der Waals surface area (Å²) in [4.78, 5) is 7.33. The molecular weight excluding hydrogens is 484 g/mol. The number of benzene rings is 2. The van der Waals surface area contributed by atoms with Gasteiger partial charge in [-0.1, -0.05) is 0 Å². The van der Waals surface area contributed by atoms with Crippen LogP contribution in [0.4, 0.5) is 8.78 Å². The summed E-state index contributed by atoms with van der Waals surface area (Å²) in [6, 6.07) is 11.0. The summed E-state index contributed by atoms with van der Waals surface area (Å²) in [5, 5.41) is 21.0. The van der Waals surface area contributed by atoms with Crippen LogP contribution in [0.2, 0.25) is 0 Å². The Morgan fingerprint density at radius 1 is 1.17 bits per heavy atom. The highest BCUT2D eigenvalue weighted by atomic mass is 32.2. The van der Waals surface area contributed by atoms with Crippen molar-refractivity contribution in [2.75, 3.05) is 39.1 Å². The maximum atomic E-state index is 13.4. The summed E-state index contributed by atoms with van der Waals surface area (Å²) >= 11 is 1.44. The molecule has 0 amide bonds. The van der Waals surface area contributed by atoms with Crippen molar-refractivity contribution in [3.63, 3.8) is 0 Å². The fourth-order valence-corrected chi connectivity index (χ4v) is 6.08. The second-order valence-corrected chi connectivity index (χ2v) is 10.5. The molecule has 1 fully saturated rings. The predicted octanol–water partition coefficient (Wildman–Crippen LogP) is 5.04. The van der Waals surface area contributed by atoms with Crippen molar-refractivity contribution in [1.29, 1.82) is 0 Å². The number of likely N-dealkylation sites (tertiary alicyclic amines) is 1. The molecule has 0 aliphatic carbocycles. The van der Waals surface area contributed by atoms with Crippen LogP contribution in [0.3, 0.4) is 0 Å². The van der Waals surface area contributed by atoms with Crippen molar-refractivity contribution < 1.29 is 23.8 Å². The summed E-state index contributed by atoms with van der Waals surface area (Å²) in [6.07, 6.45) is 4.28. The Morgan fingerprint density at radius 2 is 1.97 bits per heavy atom. The van der Waals surface area contributed by atoms with Gasteiger partial charge >= 0.3 is 0 Å². The van der Waals surface area contributed by atoms with Crippen LogP contribution < -0.4 is 10.2 Å². The summed E-state index contributed by atoms with van der Waals surface area (Å²) in [5.74, 6) is 0.822. The van der Waals surface area contributed by atoms with E-state index in [0.717, 1.165) is 72.9 Å². The fraction of sp³-hybridized carbons (Fsp3) is 0.444. The van der Waals surface area contributed by atoms with Gasteiger partial charge in [0.2, 0.25) is 0 Å². The van der Waals surface area contributed by atoms with Crippen LogP contribution in [-0.2, 0) is 0 Å². The zero-order valence-electron chi connectivity index (χ0n) is 20.4. The average molecular weight is 518 g/mol. The number of thioether (sulfide) groups is 1. The van der Waals surface area contributed by atoms with E-state index < -0.39 is 11.6 Å². The minimum Gasteiger partial charge on any atom is -0.497 e. The molecule has 6 nitrogen and oxygen atoms in total. The number of halogens is 2. The maximum Gasteiger partial charge on any atom is 0.127 e. The molecule has 1 saturated heterocycles. The number of aliphatic hydroxyl groups is 1. The first kappa shape index (κ1) is 26.8. The number of aliphatic hydroxyl groups excluding tert-OH is 1. The lowest BCUT2D eigenvalue weighted by Crippen LogP contribution is -2.43. The van der Waals surface area contributed by atoms with Gasteiger partial charge in [0, 0.05) is 48.0 Å². The number of pyridine rings is 1. The van der Waals surface area contributed by atoms with Crippen LogP contribution in [0, 0.1) is 23.5 Å². The van der Waals surface area contributed by atoms with Gasteiger partial charge < -0.3 is 20.0 Å². The lowest BCUT2D eigenvalue weighted by Gasteiger charge is -2.38. The Labute approximate surface area is 214 Å². The summed E-state index contributed by atoms with van der Waals surface area (Å²) in [6.45, 7) is 2.59. The van der Waals surface area contributed by atoms with E-state index in [4.69, 9.17) is 4.74 Å². The van der Waals surface area contributed by atoms with Crippen LogP contribution in [0.15, 0.2) is 53.6 Å². The van der Waals surface area contributed by atoms with E-state index in [0.29, 0.717) is 10.8 Å². The van der Waals surface area contributed by atoms with Gasteiger partial charge in [0.1, 0.15) is 17.4 Å². The van der Waals surface area contributed by atoms with Gasteiger partial charge in [-0.05, 0) is 79.6 Å². The molecule has 1 unspecified atom stereocenters. The molecule has 4 rings (SSSR count). The molecule has 0 spiro atoms. The Balaban J connectivity index is 1.32. The first-order chi connectivity index (χ1) is 17.5. The van der Waals surface area contributed by atoms with Crippen LogP contribution in [0.1, 0.15) is 30.9 Å². The van der Waals surface area contributed by atoms with E-state index in [2.05, 4.69) is 15.4 Å². The molecule has 9 heteroatoms. The molecule has 2 heterocycles. The molecule has 1 aliphatic heterocycles. The average Bonchev–Trinajstić information content (AvgIpc) is 2.88. The molecule has 1 aromatic heterocycles. The van der Waals surface area contributed by atoms with E-state index >= 15 is 0 Å². The van der Waals surface area contributed by atoms with Crippen molar-refractivity contribution in [2.24, 2.45) is 11.8 Å². The second-order valence-electron chi connectivity index (χ2n) is 9.29. The molecule has 3 aromatic rings. The topological polar surface area (TPSA) is 77.9 Å². The molecule has 1 aliphatic rings. The minimum atomic E-state index is -0.562. The first-order valence-electron chi connectivity index (χ1n) is 12.2. The van der Waals surface area contributed by atoms with Crippen molar-refractivity contribution >= 4 is 22.7 Å². The Bertz CT molecular complexity index is 1130. The maximum absolute atomic E-state index is 13.4. The largest absolute Gasteiger partial charge is 0.497 e. The molecule has 2 aromatic carbocycles. The number of rotatable bonds is 11. The Kier molecular flexibility index (Phi) is 9.50. The number of nitrogens with zero attached hydrogens (tertiary/aromatic N) is 2. The number of hydrogen-bond donors (Lipinski definition) is 3. The Morgan fingerprint density at radius 3 is 2.69 bits per heavy atom. The number of nitrogens with one attached hydrogen (secondary N) is 1. The van der Waals surface area contributed by atoms with E-state index in [-0.39, 0.29) is 18.6 Å². The minimum absolute atomic E-state index is 0.107. The third-order valence-electron chi connectivity index (χ3n) is 7.06. The number of hydrogen-bond acceptors (Lipinski definition) is 7. The van der Waals surface area contributed by atoms with E-state index in [1.165, 1.54) is 23.9 Å². The van der Waals surface area contributed by atoms with Gasteiger partial charge in [0.05, 0.1) is 18.7 Å². The smallest absolute Gasteiger partial charge is 0.127 e. The van der Waals surface area contributed by atoms with Gasteiger partial charge in [-0.15, -0.1) is 11.8 Å². The van der Waals surface area contributed by atoms with Crippen LogP contribution in [0.25, 0.3) is 10.9 Å². The van der Waals surface area contributed by atoms with Gasteiger partial charge in [-0.3, -0.25) is 4.98 Å². The van der Waals surface area contributed by atoms with E-state index in [1.807, 2.05) is 24.3 Å². The zero-order chi connectivity index (χ0) is 25.5. The zero-order valence-corrected chi connectivity index (χ0v) is 21.2. The third kappa shape index (κ3) is 6.72. The number of hydroxylamine groups is 1. The summed E-state index contributed by atoms with van der Waals surface area (Å²) in [7, 11) is 1.63. The molecule has 194 valence electrons. The normalized spacial score (nSPS) is 19.5. The first-order valence-corrected chi connectivity index (χ1v) is 13.2. The third-order valence-corrected chi connectivity index (χ3v) is 8.02. The van der Waals surface area contributed by atoms with Crippen LogP contribution in [0.5, 0.6) is 5.75 Å². The van der Waals surface area contributed by atoms with E-state index in [1.54, 1.807) is 13.3 Å².